The van der Waals surface area contributed by atoms with Crippen LogP contribution in [-0.4, -0.2) is 16.1 Å². The molecule has 2 aromatic rings. The number of benzene rings is 1. The van der Waals surface area contributed by atoms with Gasteiger partial charge in [-0.25, -0.2) is 9.78 Å². The van der Waals surface area contributed by atoms with E-state index in [2.05, 4.69) is 20.9 Å². The smallest absolute Gasteiger partial charge is 0.341 e. The number of carboxylic acid groups (broad SMARTS) is 1. The van der Waals surface area contributed by atoms with Crippen LogP contribution >= 0.6 is 15.9 Å². The van der Waals surface area contributed by atoms with Gasteiger partial charge in [-0.15, -0.1) is 0 Å². The minimum atomic E-state index is -1.07. The molecule has 5 heteroatoms. The van der Waals surface area contributed by atoms with Gasteiger partial charge in [0.05, 0.1) is 0 Å². The zero-order chi connectivity index (χ0) is 13.8. The molecule has 0 aliphatic heterocycles. The van der Waals surface area contributed by atoms with E-state index < -0.39 is 5.97 Å². The SMILES string of the molecule is CCc1cccc(Oc2ncc(Br)cc2C(=O)O)c1. The Kier molecular flexibility index (Phi) is 4.16. The van der Waals surface area contributed by atoms with Crippen molar-refractivity contribution in [2.45, 2.75) is 13.3 Å². The Morgan fingerprint density at radius 1 is 1.42 bits per heavy atom. The average Bonchev–Trinajstić information content (AvgIpc) is 2.41. The molecule has 2 rings (SSSR count). The van der Waals surface area contributed by atoms with E-state index in [0.29, 0.717) is 10.2 Å². The molecule has 0 spiro atoms. The third kappa shape index (κ3) is 3.32. The fraction of sp³-hybridized carbons (Fsp3) is 0.143. The maximum absolute atomic E-state index is 11.1. The van der Waals surface area contributed by atoms with Gasteiger partial charge < -0.3 is 9.84 Å². The number of nitrogens with zero attached hydrogens (tertiary/aromatic N) is 1. The van der Waals surface area contributed by atoms with Crippen molar-refractivity contribution < 1.29 is 14.6 Å². The van der Waals surface area contributed by atoms with Gasteiger partial charge in [-0.1, -0.05) is 19.1 Å². The number of hydrogen-bond acceptors (Lipinski definition) is 3. The summed E-state index contributed by atoms with van der Waals surface area (Å²) >= 11 is 3.19. The predicted octanol–water partition coefficient (Wildman–Crippen LogP) is 3.90. The van der Waals surface area contributed by atoms with E-state index in [1.165, 1.54) is 12.3 Å². The molecular weight excluding hydrogens is 310 g/mol. The zero-order valence-electron chi connectivity index (χ0n) is 10.3. The van der Waals surface area contributed by atoms with E-state index in [1.807, 2.05) is 25.1 Å². The fourth-order valence-electron chi connectivity index (χ4n) is 1.60. The van der Waals surface area contributed by atoms with E-state index in [-0.39, 0.29) is 11.4 Å². The number of aromatic nitrogens is 1. The molecule has 98 valence electrons. The first-order chi connectivity index (χ1) is 9.10. The lowest BCUT2D eigenvalue weighted by atomic mass is 10.2. The van der Waals surface area contributed by atoms with E-state index in [4.69, 9.17) is 9.84 Å². The van der Waals surface area contributed by atoms with Gasteiger partial charge in [0.15, 0.2) is 0 Å². The lowest BCUT2D eigenvalue weighted by Crippen LogP contribution is -2.02. The molecule has 0 saturated heterocycles. The Morgan fingerprint density at radius 3 is 2.89 bits per heavy atom. The summed E-state index contributed by atoms with van der Waals surface area (Å²) in [4.78, 5) is 15.1. The highest BCUT2D eigenvalue weighted by Crippen LogP contribution is 2.26. The molecule has 0 radical (unpaired) electrons. The van der Waals surface area contributed by atoms with Crippen LogP contribution in [0.3, 0.4) is 0 Å². The summed E-state index contributed by atoms with van der Waals surface area (Å²) in [6.45, 7) is 2.04. The van der Waals surface area contributed by atoms with Crippen molar-refractivity contribution >= 4 is 21.9 Å². The fourth-order valence-corrected chi connectivity index (χ4v) is 1.93. The molecule has 19 heavy (non-hydrogen) atoms. The number of aromatic carboxylic acids is 1. The second kappa shape index (κ2) is 5.84. The summed E-state index contributed by atoms with van der Waals surface area (Å²) in [6, 6.07) is 8.96. The van der Waals surface area contributed by atoms with Gasteiger partial charge in [0.2, 0.25) is 5.88 Å². The summed E-state index contributed by atoms with van der Waals surface area (Å²) < 4.78 is 6.15. The van der Waals surface area contributed by atoms with E-state index in [9.17, 15) is 4.79 Å². The monoisotopic (exact) mass is 321 g/mol. The zero-order valence-corrected chi connectivity index (χ0v) is 11.8. The molecule has 4 nitrogen and oxygen atoms in total. The Bertz CT molecular complexity index is 613. The van der Waals surface area contributed by atoms with Crippen molar-refractivity contribution in [3.8, 4) is 11.6 Å². The Labute approximate surface area is 119 Å². The third-order valence-corrected chi connectivity index (χ3v) is 3.00. The van der Waals surface area contributed by atoms with Crippen LogP contribution < -0.4 is 4.74 Å². The number of hydrogen-bond donors (Lipinski definition) is 1. The molecule has 0 aliphatic rings. The number of halogens is 1. The van der Waals surface area contributed by atoms with Crippen LogP contribution in [0.25, 0.3) is 0 Å². The Morgan fingerprint density at radius 2 is 2.21 bits per heavy atom. The van der Waals surface area contributed by atoms with Gasteiger partial charge in [0.25, 0.3) is 0 Å². The lowest BCUT2D eigenvalue weighted by molar-refractivity contribution is 0.0693. The highest BCUT2D eigenvalue weighted by molar-refractivity contribution is 9.10. The van der Waals surface area contributed by atoms with Crippen LogP contribution in [0.4, 0.5) is 0 Å². The summed E-state index contributed by atoms with van der Waals surface area (Å²) in [5.74, 6) is -0.406. The molecule has 1 N–H and O–H groups in total. The largest absolute Gasteiger partial charge is 0.477 e. The summed E-state index contributed by atoms with van der Waals surface area (Å²) in [5.41, 5.74) is 1.14. The maximum Gasteiger partial charge on any atom is 0.341 e. The van der Waals surface area contributed by atoms with Crippen molar-refractivity contribution in [1.82, 2.24) is 4.98 Å². The van der Waals surface area contributed by atoms with Crippen molar-refractivity contribution in [2.24, 2.45) is 0 Å². The van der Waals surface area contributed by atoms with Crippen LogP contribution in [0.5, 0.6) is 11.6 Å². The Balaban J connectivity index is 2.34. The number of carbonyl (C=O) groups is 1. The van der Waals surface area contributed by atoms with Gasteiger partial charge >= 0.3 is 5.97 Å². The molecule has 1 heterocycles. The Hall–Kier alpha value is -1.88. The molecule has 0 atom stereocenters. The van der Waals surface area contributed by atoms with E-state index in [1.54, 1.807) is 6.07 Å². The normalized spacial score (nSPS) is 10.2. The van der Waals surface area contributed by atoms with Crippen molar-refractivity contribution in [3.63, 3.8) is 0 Å². The van der Waals surface area contributed by atoms with Crippen LogP contribution in [0.1, 0.15) is 22.8 Å². The van der Waals surface area contributed by atoms with E-state index >= 15 is 0 Å². The first-order valence-corrected chi connectivity index (χ1v) is 6.55. The molecule has 0 bridgehead atoms. The quantitative estimate of drug-likeness (QED) is 0.927. The van der Waals surface area contributed by atoms with Crippen LogP contribution in [-0.2, 0) is 6.42 Å². The molecule has 0 saturated carbocycles. The second-order valence-electron chi connectivity index (χ2n) is 3.91. The average molecular weight is 322 g/mol. The van der Waals surface area contributed by atoms with Gasteiger partial charge in [0, 0.05) is 10.7 Å². The standard InChI is InChI=1S/C14H12BrNO3/c1-2-9-4-3-5-11(6-9)19-13-12(14(17)18)7-10(15)8-16-13/h3-8H,2H2,1H3,(H,17,18). The molecule has 1 aromatic heterocycles. The number of carboxylic acids is 1. The topological polar surface area (TPSA) is 59.4 Å². The van der Waals surface area contributed by atoms with E-state index in [0.717, 1.165) is 12.0 Å². The van der Waals surface area contributed by atoms with Crippen molar-refractivity contribution in [2.75, 3.05) is 0 Å². The predicted molar refractivity (Wildman–Crippen MR) is 74.8 cm³/mol. The minimum Gasteiger partial charge on any atom is -0.477 e. The number of pyridine rings is 1. The summed E-state index contributed by atoms with van der Waals surface area (Å²) in [7, 11) is 0. The molecule has 1 aromatic carbocycles. The molecular formula is C14H12BrNO3. The third-order valence-electron chi connectivity index (χ3n) is 2.57. The highest BCUT2D eigenvalue weighted by Gasteiger charge is 2.14. The van der Waals surface area contributed by atoms with Gasteiger partial charge in [-0.3, -0.25) is 0 Å². The minimum absolute atomic E-state index is 0.0243. The van der Waals surface area contributed by atoms with Crippen LogP contribution in [0.2, 0.25) is 0 Å². The van der Waals surface area contributed by atoms with Gasteiger partial charge in [0.1, 0.15) is 11.3 Å². The van der Waals surface area contributed by atoms with Crippen molar-refractivity contribution in [3.05, 3.63) is 52.1 Å². The summed E-state index contributed by atoms with van der Waals surface area (Å²) in [6.07, 6.45) is 2.39. The molecule has 0 unspecified atom stereocenters. The van der Waals surface area contributed by atoms with Crippen molar-refractivity contribution in [1.29, 1.82) is 0 Å². The van der Waals surface area contributed by atoms with Gasteiger partial charge in [-0.2, -0.15) is 0 Å². The van der Waals surface area contributed by atoms with Crippen LogP contribution in [0, 0.1) is 0 Å². The lowest BCUT2D eigenvalue weighted by Gasteiger charge is -2.08. The first-order valence-electron chi connectivity index (χ1n) is 5.75. The van der Waals surface area contributed by atoms with Crippen LogP contribution in [0.15, 0.2) is 41.0 Å². The number of aryl methyl sites for hydroxylation is 1. The number of rotatable bonds is 4. The highest BCUT2D eigenvalue weighted by atomic mass is 79.9. The first kappa shape index (κ1) is 13.5. The molecule has 0 fully saturated rings. The number of ether oxygens (including phenoxy) is 1. The molecule has 0 aliphatic carbocycles. The second-order valence-corrected chi connectivity index (χ2v) is 4.83. The summed E-state index contributed by atoms with van der Waals surface area (Å²) in [5, 5.41) is 9.13. The molecule has 0 amide bonds. The maximum atomic E-state index is 11.1. The van der Waals surface area contributed by atoms with Gasteiger partial charge in [-0.05, 0) is 46.1 Å².